The third-order valence-electron chi connectivity index (χ3n) is 3.46. The zero-order valence-electron chi connectivity index (χ0n) is 12.2. The van der Waals surface area contributed by atoms with Gasteiger partial charge in [0.2, 0.25) is 0 Å². The number of nitrogens with one attached hydrogen (secondary N) is 2. The molecule has 1 atom stereocenters. The Kier molecular flexibility index (Phi) is 5.02. The highest BCUT2D eigenvalue weighted by Gasteiger charge is 2.28. The number of sulfone groups is 1. The first-order valence-corrected chi connectivity index (χ1v) is 8.66. The number of esters is 1. The third kappa shape index (κ3) is 4.20. The van der Waals surface area contributed by atoms with Gasteiger partial charge in [0.25, 0.3) is 0 Å². The molecular weight excluding hydrogens is 308 g/mol. The Morgan fingerprint density at radius 2 is 2.05 bits per heavy atom. The number of ether oxygens (including phenoxy) is 1. The van der Waals surface area contributed by atoms with E-state index in [0.717, 1.165) is 0 Å². The molecule has 120 valence electrons. The third-order valence-corrected chi connectivity index (χ3v) is 5.30. The molecule has 1 aromatic rings. The average molecular weight is 326 g/mol. The lowest BCUT2D eigenvalue weighted by molar-refractivity contribution is 0.0602. The predicted octanol–water partition coefficient (Wildman–Crippen LogP) is 1.03. The highest BCUT2D eigenvalue weighted by Crippen LogP contribution is 2.18. The number of carbonyl (C=O) groups excluding carboxylic acids is 2. The maximum absolute atomic E-state index is 11.9. The smallest absolute Gasteiger partial charge is 0.339 e. The zero-order valence-corrected chi connectivity index (χ0v) is 13.0. The van der Waals surface area contributed by atoms with E-state index >= 15 is 0 Å². The van der Waals surface area contributed by atoms with Crippen LogP contribution in [0, 0.1) is 5.92 Å². The lowest BCUT2D eigenvalue weighted by atomic mass is 10.1. The van der Waals surface area contributed by atoms with E-state index in [0.29, 0.717) is 12.1 Å². The van der Waals surface area contributed by atoms with E-state index in [2.05, 4.69) is 15.4 Å². The first-order valence-electron chi connectivity index (χ1n) is 6.84. The van der Waals surface area contributed by atoms with Gasteiger partial charge in [-0.3, -0.25) is 0 Å². The van der Waals surface area contributed by atoms with Crippen LogP contribution in [0.5, 0.6) is 0 Å². The average Bonchev–Trinajstić information content (AvgIpc) is 2.84. The van der Waals surface area contributed by atoms with Crippen molar-refractivity contribution in [2.24, 2.45) is 5.92 Å². The summed E-state index contributed by atoms with van der Waals surface area (Å²) in [6.07, 6.45) is 0.557. The van der Waals surface area contributed by atoms with Gasteiger partial charge in [0.15, 0.2) is 9.84 Å². The van der Waals surface area contributed by atoms with Gasteiger partial charge in [-0.1, -0.05) is 12.1 Å². The molecule has 0 spiro atoms. The Labute approximate surface area is 129 Å². The van der Waals surface area contributed by atoms with Crippen LogP contribution in [0.3, 0.4) is 0 Å². The highest BCUT2D eigenvalue weighted by molar-refractivity contribution is 7.91. The maximum Gasteiger partial charge on any atom is 0.339 e. The second-order valence-corrected chi connectivity index (χ2v) is 7.37. The van der Waals surface area contributed by atoms with Gasteiger partial charge in [-0.15, -0.1) is 0 Å². The van der Waals surface area contributed by atoms with E-state index < -0.39 is 21.8 Å². The molecule has 7 nitrogen and oxygen atoms in total. The summed E-state index contributed by atoms with van der Waals surface area (Å²) in [6, 6.07) is 6.00. The Morgan fingerprint density at radius 1 is 1.32 bits per heavy atom. The number of rotatable bonds is 4. The summed E-state index contributed by atoms with van der Waals surface area (Å²) < 4.78 is 27.3. The molecule has 1 heterocycles. The van der Waals surface area contributed by atoms with Gasteiger partial charge in [0, 0.05) is 6.54 Å². The van der Waals surface area contributed by atoms with Crippen LogP contribution in [-0.4, -0.2) is 45.6 Å². The van der Waals surface area contributed by atoms with Crippen LogP contribution in [0.15, 0.2) is 24.3 Å². The van der Waals surface area contributed by atoms with Gasteiger partial charge < -0.3 is 15.4 Å². The normalized spacial score (nSPS) is 19.4. The molecule has 0 radical (unpaired) electrons. The van der Waals surface area contributed by atoms with Crippen LogP contribution in [-0.2, 0) is 14.6 Å². The number of hydrogen-bond donors (Lipinski definition) is 2. The summed E-state index contributed by atoms with van der Waals surface area (Å²) in [4.78, 5) is 23.5. The molecule has 2 amide bonds. The second kappa shape index (κ2) is 6.78. The van der Waals surface area contributed by atoms with Crippen molar-refractivity contribution in [2.75, 3.05) is 30.5 Å². The minimum absolute atomic E-state index is 0.0633. The van der Waals surface area contributed by atoms with Crippen LogP contribution < -0.4 is 10.6 Å². The maximum atomic E-state index is 11.9. The molecule has 1 unspecified atom stereocenters. The first kappa shape index (κ1) is 16.3. The number of para-hydroxylation sites is 1. The van der Waals surface area contributed by atoms with Crippen molar-refractivity contribution in [1.29, 1.82) is 0 Å². The van der Waals surface area contributed by atoms with Crippen molar-refractivity contribution >= 4 is 27.5 Å². The Morgan fingerprint density at radius 3 is 2.68 bits per heavy atom. The van der Waals surface area contributed by atoms with E-state index in [4.69, 9.17) is 0 Å². The van der Waals surface area contributed by atoms with E-state index in [-0.39, 0.29) is 29.5 Å². The first-order chi connectivity index (χ1) is 10.4. The van der Waals surface area contributed by atoms with Crippen molar-refractivity contribution in [3.63, 3.8) is 0 Å². The Bertz CT molecular complexity index is 672. The highest BCUT2D eigenvalue weighted by atomic mass is 32.2. The van der Waals surface area contributed by atoms with E-state index in [1.165, 1.54) is 7.11 Å². The van der Waals surface area contributed by atoms with Gasteiger partial charge in [0.1, 0.15) is 0 Å². The van der Waals surface area contributed by atoms with Crippen LogP contribution >= 0.6 is 0 Å². The van der Waals surface area contributed by atoms with Crippen molar-refractivity contribution in [3.05, 3.63) is 29.8 Å². The van der Waals surface area contributed by atoms with Crippen molar-refractivity contribution in [1.82, 2.24) is 5.32 Å². The summed E-state index contributed by atoms with van der Waals surface area (Å²) >= 11 is 0. The monoisotopic (exact) mass is 326 g/mol. The minimum atomic E-state index is -2.96. The number of methoxy groups -OCH3 is 1. The lowest BCUT2D eigenvalue weighted by Gasteiger charge is -2.12. The fourth-order valence-electron chi connectivity index (χ4n) is 2.32. The molecule has 1 fully saturated rings. The quantitative estimate of drug-likeness (QED) is 0.805. The minimum Gasteiger partial charge on any atom is -0.465 e. The molecule has 1 aromatic carbocycles. The molecule has 0 saturated carbocycles. The SMILES string of the molecule is COC(=O)c1ccccc1NC(=O)NCC1CCS(=O)(=O)C1. The number of anilines is 1. The molecule has 0 aliphatic carbocycles. The van der Waals surface area contributed by atoms with Crippen molar-refractivity contribution < 1.29 is 22.7 Å². The van der Waals surface area contributed by atoms with Gasteiger partial charge in [-0.05, 0) is 24.5 Å². The van der Waals surface area contributed by atoms with Crippen LogP contribution in [0.4, 0.5) is 10.5 Å². The lowest BCUT2D eigenvalue weighted by Crippen LogP contribution is -2.33. The molecule has 22 heavy (non-hydrogen) atoms. The van der Waals surface area contributed by atoms with E-state index in [9.17, 15) is 18.0 Å². The molecular formula is C14H18N2O5S. The van der Waals surface area contributed by atoms with Crippen molar-refractivity contribution in [3.8, 4) is 0 Å². The van der Waals surface area contributed by atoms with Crippen LogP contribution in [0.25, 0.3) is 0 Å². The van der Waals surface area contributed by atoms with Gasteiger partial charge in [-0.25, -0.2) is 18.0 Å². The fraction of sp³-hybridized carbons (Fsp3) is 0.429. The van der Waals surface area contributed by atoms with Gasteiger partial charge in [0.05, 0.1) is 29.9 Å². The summed E-state index contributed by atoms with van der Waals surface area (Å²) in [6.45, 7) is 0.283. The topological polar surface area (TPSA) is 102 Å². The second-order valence-electron chi connectivity index (χ2n) is 5.14. The molecule has 2 rings (SSSR count). The van der Waals surface area contributed by atoms with Crippen LogP contribution in [0.1, 0.15) is 16.8 Å². The number of amides is 2. The van der Waals surface area contributed by atoms with E-state index in [1.54, 1.807) is 24.3 Å². The number of hydrogen-bond acceptors (Lipinski definition) is 5. The standard InChI is InChI=1S/C14H18N2O5S/c1-21-13(17)11-4-2-3-5-12(11)16-14(18)15-8-10-6-7-22(19,20)9-10/h2-5,10H,6-9H2,1H3,(H2,15,16,18). The van der Waals surface area contributed by atoms with Gasteiger partial charge >= 0.3 is 12.0 Å². The number of carbonyl (C=O) groups is 2. The zero-order chi connectivity index (χ0) is 16.2. The molecule has 1 aliphatic heterocycles. The summed E-state index contributed by atoms with van der Waals surface area (Å²) in [5, 5.41) is 5.20. The molecule has 0 bridgehead atoms. The van der Waals surface area contributed by atoms with Crippen LogP contribution in [0.2, 0.25) is 0 Å². The number of urea groups is 1. The Balaban J connectivity index is 1.91. The fourth-order valence-corrected chi connectivity index (χ4v) is 4.18. The van der Waals surface area contributed by atoms with Crippen molar-refractivity contribution in [2.45, 2.75) is 6.42 Å². The largest absolute Gasteiger partial charge is 0.465 e. The van der Waals surface area contributed by atoms with E-state index in [1.807, 2.05) is 0 Å². The summed E-state index contributed by atoms with van der Waals surface area (Å²) in [5.41, 5.74) is 0.592. The molecule has 1 aliphatic rings. The Hall–Kier alpha value is -2.09. The molecule has 2 N–H and O–H groups in total. The molecule has 1 saturated heterocycles. The summed E-state index contributed by atoms with van der Waals surface area (Å²) in [7, 11) is -1.69. The predicted molar refractivity (Wildman–Crippen MR) is 81.6 cm³/mol. The summed E-state index contributed by atoms with van der Waals surface area (Å²) in [5.74, 6) is -0.331. The molecule has 0 aromatic heterocycles. The van der Waals surface area contributed by atoms with Gasteiger partial charge in [-0.2, -0.15) is 0 Å². The molecule has 8 heteroatoms. The number of benzene rings is 1.